The summed E-state index contributed by atoms with van der Waals surface area (Å²) in [6.45, 7) is 5.49. The van der Waals surface area contributed by atoms with Crippen LogP contribution in [0.5, 0.6) is 0 Å². The zero-order chi connectivity index (χ0) is 7.49. The second kappa shape index (κ2) is 2.85. The second-order valence-electron chi connectivity index (χ2n) is 3.03. The number of hydrogen-bond acceptors (Lipinski definition) is 1. The highest BCUT2D eigenvalue weighted by Gasteiger charge is 2.15. The first kappa shape index (κ1) is 8.47. The molecule has 0 aromatic carbocycles. The summed E-state index contributed by atoms with van der Waals surface area (Å²) in [5.41, 5.74) is -0.358. The van der Waals surface area contributed by atoms with E-state index in [0.717, 1.165) is 0 Å². The quantitative estimate of drug-likeness (QED) is 0.574. The van der Waals surface area contributed by atoms with Crippen molar-refractivity contribution in [1.29, 1.82) is 0 Å². The first-order valence-corrected chi connectivity index (χ1v) is 3.02. The third-order valence-corrected chi connectivity index (χ3v) is 0.988. The summed E-state index contributed by atoms with van der Waals surface area (Å²) in [4.78, 5) is 0. The van der Waals surface area contributed by atoms with Crippen LogP contribution in [0.3, 0.4) is 0 Å². The minimum Gasteiger partial charge on any atom is -0.392 e. The Bertz CT molecular complexity index is 111. The lowest BCUT2D eigenvalue weighted by molar-refractivity contribution is 0.379. The van der Waals surface area contributed by atoms with Crippen molar-refractivity contribution < 1.29 is 4.39 Å². The van der Waals surface area contributed by atoms with E-state index in [-0.39, 0.29) is 11.2 Å². The predicted octanol–water partition coefficient (Wildman–Crippen LogP) is 2.06. The van der Waals surface area contributed by atoms with Crippen LogP contribution in [0, 0.1) is 5.41 Å². The van der Waals surface area contributed by atoms with Gasteiger partial charge in [0.15, 0.2) is 0 Å². The Labute approximate surface area is 56.0 Å². The van der Waals surface area contributed by atoms with E-state index in [1.54, 1.807) is 7.05 Å². The van der Waals surface area contributed by atoms with Crippen molar-refractivity contribution in [2.75, 3.05) is 7.05 Å². The average molecular weight is 131 g/mol. The molecule has 1 N–H and O–H groups in total. The van der Waals surface area contributed by atoms with Gasteiger partial charge in [-0.25, -0.2) is 4.39 Å². The van der Waals surface area contributed by atoms with E-state index in [1.807, 2.05) is 20.8 Å². The first-order chi connectivity index (χ1) is 3.98. The van der Waals surface area contributed by atoms with Crippen molar-refractivity contribution in [1.82, 2.24) is 5.32 Å². The van der Waals surface area contributed by atoms with E-state index in [0.29, 0.717) is 0 Å². The molecule has 0 unspecified atom stereocenters. The van der Waals surface area contributed by atoms with Crippen LogP contribution in [0.15, 0.2) is 12.0 Å². The molecular formula is C7H14FN. The molecule has 54 valence electrons. The second-order valence-corrected chi connectivity index (χ2v) is 3.03. The van der Waals surface area contributed by atoms with Gasteiger partial charge in [-0.1, -0.05) is 20.8 Å². The fraction of sp³-hybridized carbons (Fsp3) is 0.714. The minimum atomic E-state index is -0.358. The van der Waals surface area contributed by atoms with Gasteiger partial charge in [-0.2, -0.15) is 0 Å². The third kappa shape index (κ3) is 3.12. The minimum absolute atomic E-state index is 0.120. The number of allylic oxidation sites excluding steroid dienone is 1. The molecule has 0 fully saturated rings. The molecular weight excluding hydrogens is 117 g/mol. The smallest absolute Gasteiger partial charge is 0.121 e. The Balaban J connectivity index is 4.03. The highest BCUT2D eigenvalue weighted by Crippen LogP contribution is 2.24. The molecule has 0 heterocycles. The lowest BCUT2D eigenvalue weighted by Crippen LogP contribution is -2.08. The number of hydrogen-bond donors (Lipinski definition) is 1. The Morgan fingerprint density at radius 1 is 1.44 bits per heavy atom. The van der Waals surface area contributed by atoms with Crippen LogP contribution in [0.4, 0.5) is 4.39 Å². The maximum atomic E-state index is 12.7. The van der Waals surface area contributed by atoms with Crippen LogP contribution in [0.25, 0.3) is 0 Å². The number of halogens is 1. The topological polar surface area (TPSA) is 12.0 Å². The molecule has 0 saturated carbocycles. The van der Waals surface area contributed by atoms with Crippen LogP contribution >= 0.6 is 0 Å². The van der Waals surface area contributed by atoms with E-state index in [1.165, 1.54) is 6.20 Å². The third-order valence-electron chi connectivity index (χ3n) is 0.988. The van der Waals surface area contributed by atoms with E-state index in [4.69, 9.17) is 0 Å². The molecule has 0 aliphatic carbocycles. The molecule has 0 aromatic rings. The average Bonchev–Trinajstić information content (AvgIpc) is 1.64. The van der Waals surface area contributed by atoms with E-state index in [9.17, 15) is 4.39 Å². The summed E-state index contributed by atoms with van der Waals surface area (Å²) < 4.78 is 12.7. The summed E-state index contributed by atoms with van der Waals surface area (Å²) in [5.74, 6) is -0.120. The van der Waals surface area contributed by atoms with Gasteiger partial charge in [-0.3, -0.25) is 0 Å². The van der Waals surface area contributed by atoms with Gasteiger partial charge in [0, 0.05) is 18.7 Å². The predicted molar refractivity (Wildman–Crippen MR) is 37.7 cm³/mol. The lowest BCUT2D eigenvalue weighted by atomic mass is 9.95. The largest absolute Gasteiger partial charge is 0.392 e. The van der Waals surface area contributed by atoms with Gasteiger partial charge in [0.25, 0.3) is 0 Å². The van der Waals surface area contributed by atoms with Gasteiger partial charge in [0.05, 0.1) is 0 Å². The van der Waals surface area contributed by atoms with Gasteiger partial charge >= 0.3 is 0 Å². The van der Waals surface area contributed by atoms with Crippen molar-refractivity contribution in [3.63, 3.8) is 0 Å². The van der Waals surface area contributed by atoms with Crippen LogP contribution in [-0.4, -0.2) is 7.05 Å². The molecule has 0 atom stereocenters. The maximum absolute atomic E-state index is 12.7. The normalized spacial score (nSPS) is 13.7. The van der Waals surface area contributed by atoms with E-state index < -0.39 is 0 Å². The molecule has 0 radical (unpaired) electrons. The molecule has 0 aromatic heterocycles. The summed E-state index contributed by atoms with van der Waals surface area (Å²) in [5, 5.41) is 2.64. The van der Waals surface area contributed by atoms with Gasteiger partial charge < -0.3 is 5.32 Å². The van der Waals surface area contributed by atoms with Gasteiger partial charge in [0.2, 0.25) is 0 Å². The highest BCUT2D eigenvalue weighted by atomic mass is 19.1. The molecule has 9 heavy (non-hydrogen) atoms. The van der Waals surface area contributed by atoms with Gasteiger partial charge in [-0.05, 0) is 0 Å². The highest BCUT2D eigenvalue weighted by molar-refractivity contribution is 4.99. The lowest BCUT2D eigenvalue weighted by Gasteiger charge is -2.14. The Kier molecular flexibility index (Phi) is 2.68. The van der Waals surface area contributed by atoms with Crippen LogP contribution in [0.2, 0.25) is 0 Å². The number of nitrogens with one attached hydrogen (secondary N) is 1. The Hall–Kier alpha value is -0.530. The fourth-order valence-corrected chi connectivity index (χ4v) is 0.343. The molecule has 0 aliphatic rings. The summed E-state index contributed by atoms with van der Waals surface area (Å²) in [7, 11) is 1.69. The van der Waals surface area contributed by atoms with Crippen molar-refractivity contribution in [2.24, 2.45) is 5.41 Å². The van der Waals surface area contributed by atoms with Crippen molar-refractivity contribution in [2.45, 2.75) is 20.8 Å². The molecule has 0 bridgehead atoms. The summed E-state index contributed by atoms with van der Waals surface area (Å²) in [6, 6.07) is 0. The standard InChI is InChI=1S/C7H14FN/c1-7(2,3)6(8)5-9-4/h5,9H,1-4H3/b6-5+. The zero-order valence-corrected chi connectivity index (χ0v) is 6.46. The molecule has 0 saturated heterocycles. The molecule has 0 amide bonds. The monoisotopic (exact) mass is 131 g/mol. The molecule has 0 aliphatic heterocycles. The first-order valence-electron chi connectivity index (χ1n) is 3.02. The zero-order valence-electron chi connectivity index (χ0n) is 6.46. The van der Waals surface area contributed by atoms with Gasteiger partial charge in [-0.15, -0.1) is 0 Å². The summed E-state index contributed by atoms with van der Waals surface area (Å²) in [6.07, 6.45) is 1.38. The maximum Gasteiger partial charge on any atom is 0.121 e. The number of rotatable bonds is 1. The fourth-order valence-electron chi connectivity index (χ4n) is 0.343. The van der Waals surface area contributed by atoms with E-state index >= 15 is 0 Å². The Morgan fingerprint density at radius 2 is 1.89 bits per heavy atom. The SMILES string of the molecule is CN/C=C(/F)C(C)(C)C. The Morgan fingerprint density at radius 3 is 2.00 bits per heavy atom. The van der Waals surface area contributed by atoms with Crippen molar-refractivity contribution in [3.8, 4) is 0 Å². The summed E-state index contributed by atoms with van der Waals surface area (Å²) >= 11 is 0. The molecule has 0 rings (SSSR count). The molecule has 1 nitrogen and oxygen atoms in total. The van der Waals surface area contributed by atoms with Gasteiger partial charge in [0.1, 0.15) is 5.83 Å². The van der Waals surface area contributed by atoms with Crippen molar-refractivity contribution in [3.05, 3.63) is 12.0 Å². The van der Waals surface area contributed by atoms with Crippen molar-refractivity contribution >= 4 is 0 Å². The van der Waals surface area contributed by atoms with Crippen LogP contribution in [0.1, 0.15) is 20.8 Å². The van der Waals surface area contributed by atoms with Crippen LogP contribution < -0.4 is 5.32 Å². The molecule has 2 heteroatoms. The van der Waals surface area contributed by atoms with Crippen LogP contribution in [-0.2, 0) is 0 Å². The van der Waals surface area contributed by atoms with E-state index in [2.05, 4.69) is 5.32 Å². The molecule has 0 spiro atoms.